The zero-order valence-corrected chi connectivity index (χ0v) is 21.3. The maximum Gasteiger partial charge on any atom is 0.326 e. The molecule has 0 spiro atoms. The van der Waals surface area contributed by atoms with Gasteiger partial charge in [-0.1, -0.05) is 40.5 Å². The minimum Gasteiger partial charge on any atom is -0.481 e. The highest BCUT2D eigenvalue weighted by molar-refractivity contribution is 5.94. The number of carboxylic acids is 2. The van der Waals surface area contributed by atoms with Crippen molar-refractivity contribution in [3.63, 3.8) is 0 Å². The lowest BCUT2D eigenvalue weighted by Crippen LogP contribution is -2.59. The van der Waals surface area contributed by atoms with Gasteiger partial charge < -0.3 is 43.4 Å². The third-order valence-corrected chi connectivity index (χ3v) is 5.92. The van der Waals surface area contributed by atoms with Crippen LogP contribution in [0.3, 0.4) is 0 Å². The quantitative estimate of drug-likeness (QED) is 0.0630. The van der Waals surface area contributed by atoms with Crippen molar-refractivity contribution in [2.45, 2.75) is 84.0 Å². The highest BCUT2D eigenvalue weighted by atomic mass is 16.4. The molecule has 0 saturated carbocycles. The Morgan fingerprint density at radius 3 is 1.86 bits per heavy atom. The molecule has 0 saturated heterocycles. The monoisotopic (exact) mass is 515 g/mol. The Labute approximate surface area is 210 Å². The van der Waals surface area contributed by atoms with Crippen LogP contribution in [0.2, 0.25) is 0 Å². The van der Waals surface area contributed by atoms with Gasteiger partial charge in [0.1, 0.15) is 18.1 Å². The summed E-state index contributed by atoms with van der Waals surface area (Å²) in [4.78, 5) is 64.8. The van der Waals surface area contributed by atoms with E-state index in [0.717, 1.165) is 0 Å². The summed E-state index contributed by atoms with van der Waals surface area (Å²) in [7, 11) is 0. The van der Waals surface area contributed by atoms with Crippen LogP contribution in [-0.4, -0.2) is 76.5 Å². The minimum absolute atomic E-state index is 0.0152. The van der Waals surface area contributed by atoms with Gasteiger partial charge in [0.05, 0.1) is 12.5 Å². The fourth-order valence-electron chi connectivity index (χ4n) is 3.14. The van der Waals surface area contributed by atoms with Gasteiger partial charge in [-0.2, -0.15) is 0 Å². The first-order valence-electron chi connectivity index (χ1n) is 11.9. The molecule has 11 N–H and O–H groups in total. The molecule has 14 heteroatoms. The number of amides is 3. The molecule has 0 heterocycles. The lowest BCUT2D eigenvalue weighted by atomic mass is 9.95. The topological polar surface area (TPSA) is 252 Å². The summed E-state index contributed by atoms with van der Waals surface area (Å²) in [6.45, 7) is 7.41. The Morgan fingerprint density at radius 2 is 1.39 bits per heavy atom. The van der Waals surface area contributed by atoms with Gasteiger partial charge in [0, 0.05) is 6.54 Å². The molecule has 3 amide bonds. The van der Waals surface area contributed by atoms with Crippen molar-refractivity contribution in [1.29, 1.82) is 0 Å². The van der Waals surface area contributed by atoms with Crippen LogP contribution in [0.5, 0.6) is 0 Å². The Hall–Kier alpha value is -3.42. The van der Waals surface area contributed by atoms with Crippen LogP contribution in [0, 0.1) is 11.8 Å². The maximum absolute atomic E-state index is 13.2. The van der Waals surface area contributed by atoms with E-state index in [1.807, 2.05) is 20.8 Å². The highest BCUT2D eigenvalue weighted by Gasteiger charge is 2.33. The Morgan fingerprint density at radius 1 is 0.833 bits per heavy atom. The lowest BCUT2D eigenvalue weighted by molar-refractivity contribution is -0.147. The van der Waals surface area contributed by atoms with Crippen LogP contribution in [0.25, 0.3) is 0 Å². The van der Waals surface area contributed by atoms with E-state index < -0.39 is 60.2 Å². The average Bonchev–Trinajstić information content (AvgIpc) is 2.81. The summed E-state index contributed by atoms with van der Waals surface area (Å²) in [5.41, 5.74) is 16.6. The predicted molar refractivity (Wildman–Crippen MR) is 132 cm³/mol. The second kappa shape index (κ2) is 16.3. The van der Waals surface area contributed by atoms with Crippen LogP contribution in [0.4, 0.5) is 0 Å². The van der Waals surface area contributed by atoms with E-state index in [9.17, 15) is 29.1 Å². The summed E-state index contributed by atoms with van der Waals surface area (Å²) in [6, 6.07) is -4.79. The second-order valence-electron chi connectivity index (χ2n) is 8.79. The number of hydrogen-bond acceptors (Lipinski definition) is 7. The molecule has 0 aliphatic carbocycles. The molecule has 0 bridgehead atoms. The zero-order chi connectivity index (χ0) is 28.0. The number of nitrogens with zero attached hydrogens (tertiary/aromatic N) is 1. The molecule has 206 valence electrons. The third-order valence-electron chi connectivity index (χ3n) is 5.92. The van der Waals surface area contributed by atoms with E-state index in [0.29, 0.717) is 12.8 Å². The number of aliphatic imine (C=N–C) groups is 1. The van der Waals surface area contributed by atoms with Crippen molar-refractivity contribution in [2.75, 3.05) is 6.54 Å². The molecule has 6 atom stereocenters. The number of rotatable bonds is 17. The van der Waals surface area contributed by atoms with Gasteiger partial charge in [0.2, 0.25) is 17.7 Å². The van der Waals surface area contributed by atoms with Gasteiger partial charge in [-0.15, -0.1) is 0 Å². The van der Waals surface area contributed by atoms with E-state index in [1.54, 1.807) is 6.92 Å². The number of nitrogens with one attached hydrogen (secondary N) is 3. The van der Waals surface area contributed by atoms with Crippen molar-refractivity contribution in [1.82, 2.24) is 16.0 Å². The van der Waals surface area contributed by atoms with E-state index in [4.69, 9.17) is 22.3 Å². The van der Waals surface area contributed by atoms with Crippen molar-refractivity contribution < 1.29 is 34.2 Å². The predicted octanol–water partition coefficient (Wildman–Crippen LogP) is -1.53. The number of carbonyl (C=O) groups is 5. The Bertz CT molecular complexity index is 802. The summed E-state index contributed by atoms with van der Waals surface area (Å²) in [5.74, 6) is -5.64. The first-order valence-corrected chi connectivity index (χ1v) is 11.9. The number of guanidine groups is 1. The number of aliphatic carboxylic acids is 2. The Balaban J connectivity index is 5.74. The second-order valence-corrected chi connectivity index (χ2v) is 8.79. The molecular formula is C22H41N7O7. The van der Waals surface area contributed by atoms with Crippen molar-refractivity contribution in [2.24, 2.45) is 34.0 Å². The van der Waals surface area contributed by atoms with E-state index in [-0.39, 0.29) is 37.2 Å². The van der Waals surface area contributed by atoms with Gasteiger partial charge in [-0.25, -0.2) is 4.79 Å². The molecule has 0 aliphatic rings. The van der Waals surface area contributed by atoms with E-state index in [2.05, 4.69) is 20.9 Å². The molecule has 0 aromatic heterocycles. The molecule has 0 radical (unpaired) electrons. The number of carboxylic acid groups (broad SMARTS) is 2. The fourth-order valence-corrected chi connectivity index (χ4v) is 3.14. The molecule has 14 nitrogen and oxygen atoms in total. The molecule has 6 unspecified atom stereocenters. The summed E-state index contributed by atoms with van der Waals surface area (Å²) in [6.07, 6.45) is 0.591. The lowest BCUT2D eigenvalue weighted by Gasteiger charge is -2.28. The number of nitrogens with two attached hydrogens (primary N) is 3. The average molecular weight is 516 g/mol. The van der Waals surface area contributed by atoms with Crippen LogP contribution in [0.15, 0.2) is 4.99 Å². The van der Waals surface area contributed by atoms with Crippen molar-refractivity contribution in [3.8, 4) is 0 Å². The molecule has 0 aliphatic heterocycles. The molecule has 36 heavy (non-hydrogen) atoms. The number of hydrogen-bond donors (Lipinski definition) is 8. The molecular weight excluding hydrogens is 474 g/mol. The van der Waals surface area contributed by atoms with E-state index in [1.165, 1.54) is 0 Å². The summed E-state index contributed by atoms with van der Waals surface area (Å²) < 4.78 is 0. The van der Waals surface area contributed by atoms with Crippen molar-refractivity contribution in [3.05, 3.63) is 0 Å². The highest BCUT2D eigenvalue weighted by Crippen LogP contribution is 2.12. The largest absolute Gasteiger partial charge is 0.481 e. The molecule has 0 aromatic rings. The van der Waals surface area contributed by atoms with Crippen LogP contribution in [-0.2, 0) is 24.0 Å². The minimum atomic E-state index is -1.70. The summed E-state index contributed by atoms with van der Waals surface area (Å²) >= 11 is 0. The van der Waals surface area contributed by atoms with Crippen LogP contribution >= 0.6 is 0 Å². The maximum atomic E-state index is 13.2. The first-order chi connectivity index (χ1) is 16.7. The van der Waals surface area contributed by atoms with Crippen LogP contribution < -0.4 is 33.2 Å². The van der Waals surface area contributed by atoms with E-state index >= 15 is 0 Å². The normalized spacial score (nSPS) is 15.8. The third kappa shape index (κ3) is 11.8. The van der Waals surface area contributed by atoms with Crippen molar-refractivity contribution >= 4 is 35.6 Å². The van der Waals surface area contributed by atoms with Gasteiger partial charge in [0.25, 0.3) is 0 Å². The molecule has 0 fully saturated rings. The van der Waals surface area contributed by atoms with Gasteiger partial charge in [-0.3, -0.25) is 24.2 Å². The van der Waals surface area contributed by atoms with Gasteiger partial charge in [-0.05, 0) is 24.7 Å². The standard InChI is InChI=1S/C22H41N7O7/c1-5-11(3)16(23)19(33)29-17(12(4)6-2)20(34)27-13(8-7-9-26-22(24)25)18(32)28-14(21(35)36)10-15(30)31/h11-14,16-17H,5-10,23H2,1-4H3,(H,27,34)(H,28,32)(H,29,33)(H,30,31)(H,35,36)(H4,24,25,26). The smallest absolute Gasteiger partial charge is 0.326 e. The molecule has 0 rings (SSSR count). The van der Waals surface area contributed by atoms with Gasteiger partial charge >= 0.3 is 11.9 Å². The first kappa shape index (κ1) is 32.6. The van der Waals surface area contributed by atoms with Gasteiger partial charge in [0.15, 0.2) is 5.96 Å². The number of carbonyl (C=O) groups excluding carboxylic acids is 3. The SMILES string of the molecule is CCC(C)C(N)C(=O)NC(C(=O)NC(CCCN=C(N)N)C(=O)NC(CC(=O)O)C(=O)O)C(C)CC. The molecule has 0 aromatic carbocycles. The summed E-state index contributed by atoms with van der Waals surface area (Å²) in [5, 5.41) is 25.5. The Kier molecular flexibility index (Phi) is 14.7. The zero-order valence-electron chi connectivity index (χ0n) is 21.3. The van der Waals surface area contributed by atoms with Crippen LogP contribution in [0.1, 0.15) is 59.8 Å². The fraction of sp³-hybridized carbons (Fsp3) is 0.727.